The van der Waals surface area contributed by atoms with Gasteiger partial charge in [0.15, 0.2) is 0 Å². The number of hydrogen-bond acceptors (Lipinski definition) is 6. The average molecular weight is 412 g/mol. The van der Waals surface area contributed by atoms with E-state index in [1.807, 2.05) is 0 Å². The van der Waals surface area contributed by atoms with Crippen LogP contribution in [0.1, 0.15) is 18.5 Å². The van der Waals surface area contributed by atoms with Crippen molar-refractivity contribution in [2.45, 2.75) is 25.1 Å². The highest BCUT2D eigenvalue weighted by atomic mass is 19.1. The van der Waals surface area contributed by atoms with E-state index in [2.05, 4.69) is 15.1 Å². The summed E-state index contributed by atoms with van der Waals surface area (Å²) in [6.07, 6.45) is 3.88. The number of nitrogens with zero attached hydrogens (tertiary/aromatic N) is 5. The fraction of sp³-hybridized carbons (Fsp3) is 0.200. The van der Waals surface area contributed by atoms with Crippen LogP contribution >= 0.6 is 0 Å². The van der Waals surface area contributed by atoms with Gasteiger partial charge in [-0.1, -0.05) is 6.07 Å². The Kier molecular flexibility index (Phi) is 4.78. The van der Waals surface area contributed by atoms with Crippen molar-refractivity contribution in [2.75, 3.05) is 5.73 Å². The van der Waals surface area contributed by atoms with Gasteiger partial charge in [-0.25, -0.2) is 23.4 Å². The van der Waals surface area contributed by atoms with E-state index in [9.17, 15) is 18.7 Å². The molecule has 4 rings (SSSR count). The minimum atomic E-state index is -1.97. The molecule has 154 valence electrons. The molecule has 0 amide bonds. The summed E-state index contributed by atoms with van der Waals surface area (Å²) in [5, 5.41) is 15.9. The molecule has 4 aromatic rings. The minimum Gasteiger partial charge on any atom is -0.399 e. The molecule has 0 saturated carbocycles. The van der Waals surface area contributed by atoms with Crippen LogP contribution in [0, 0.1) is 11.6 Å². The number of benzene rings is 2. The summed E-state index contributed by atoms with van der Waals surface area (Å²) in [6, 6.07) is 6.55. The van der Waals surface area contributed by atoms with Crippen molar-refractivity contribution in [3.8, 4) is 0 Å². The minimum absolute atomic E-state index is 0.184. The van der Waals surface area contributed by atoms with Gasteiger partial charge in [-0.2, -0.15) is 5.10 Å². The summed E-state index contributed by atoms with van der Waals surface area (Å²) in [6.45, 7) is 1.31. The first kappa shape index (κ1) is 19.6. The smallest absolute Gasteiger partial charge is 0.261 e. The highest BCUT2D eigenvalue weighted by Gasteiger charge is 2.41. The largest absolute Gasteiger partial charge is 0.399 e. The molecule has 0 bridgehead atoms. The third-order valence-corrected chi connectivity index (χ3v) is 5.18. The van der Waals surface area contributed by atoms with Crippen molar-refractivity contribution in [1.82, 2.24) is 24.3 Å². The number of aromatic nitrogens is 5. The molecule has 2 aromatic heterocycles. The second-order valence-corrected chi connectivity index (χ2v) is 7.05. The van der Waals surface area contributed by atoms with Crippen LogP contribution in [-0.4, -0.2) is 29.4 Å². The molecule has 0 aliphatic carbocycles. The summed E-state index contributed by atoms with van der Waals surface area (Å²) >= 11 is 0. The summed E-state index contributed by atoms with van der Waals surface area (Å²) in [7, 11) is 0. The number of hydrogen-bond donors (Lipinski definition) is 2. The lowest BCUT2D eigenvalue weighted by Gasteiger charge is -2.35. The van der Waals surface area contributed by atoms with Crippen molar-refractivity contribution < 1.29 is 13.9 Å². The molecule has 30 heavy (non-hydrogen) atoms. The standard InChI is InChI=1S/C20H18F2N6O2/c1-12(28-11-25-18-7-14(23)3-4-15(18)19(28)29)20(30,8-27-10-24-9-26-27)16-5-2-13(21)6-17(16)22/h2-7,9-12,30H,8,23H2,1H3. The van der Waals surface area contributed by atoms with E-state index in [1.165, 1.54) is 34.3 Å². The highest BCUT2D eigenvalue weighted by molar-refractivity contribution is 5.80. The maximum Gasteiger partial charge on any atom is 0.261 e. The van der Waals surface area contributed by atoms with Crippen LogP contribution in [-0.2, 0) is 12.1 Å². The van der Waals surface area contributed by atoms with Crippen LogP contribution in [0.2, 0.25) is 0 Å². The van der Waals surface area contributed by atoms with Crippen molar-refractivity contribution in [3.05, 3.63) is 82.9 Å². The molecule has 0 aliphatic rings. The number of rotatable bonds is 5. The van der Waals surface area contributed by atoms with Crippen molar-refractivity contribution >= 4 is 16.6 Å². The Labute approximate surface area is 169 Å². The van der Waals surface area contributed by atoms with E-state index >= 15 is 0 Å². The van der Waals surface area contributed by atoms with E-state index in [0.29, 0.717) is 22.7 Å². The Morgan fingerprint density at radius 3 is 2.70 bits per heavy atom. The lowest BCUT2D eigenvalue weighted by atomic mass is 9.86. The SMILES string of the molecule is CC(n1cnc2cc(N)ccc2c1=O)C(O)(Cn1cncn1)c1ccc(F)cc1F. The molecule has 2 aromatic carbocycles. The topological polar surface area (TPSA) is 112 Å². The molecule has 2 atom stereocenters. The number of aliphatic hydroxyl groups is 1. The summed E-state index contributed by atoms with van der Waals surface area (Å²) in [5.74, 6) is -1.73. The van der Waals surface area contributed by atoms with Gasteiger partial charge < -0.3 is 10.8 Å². The molecule has 0 radical (unpaired) electrons. The van der Waals surface area contributed by atoms with Crippen molar-refractivity contribution in [1.29, 1.82) is 0 Å². The second kappa shape index (κ2) is 7.30. The molecule has 2 unspecified atom stereocenters. The zero-order valence-electron chi connectivity index (χ0n) is 15.9. The van der Waals surface area contributed by atoms with E-state index in [1.54, 1.807) is 19.1 Å². The van der Waals surface area contributed by atoms with Crippen molar-refractivity contribution in [2.24, 2.45) is 0 Å². The van der Waals surface area contributed by atoms with Crippen LogP contribution in [0.5, 0.6) is 0 Å². The van der Waals surface area contributed by atoms with Gasteiger partial charge in [-0.15, -0.1) is 0 Å². The van der Waals surface area contributed by atoms with E-state index in [-0.39, 0.29) is 12.1 Å². The Hall–Kier alpha value is -3.66. The van der Waals surface area contributed by atoms with Crippen LogP contribution in [0.3, 0.4) is 0 Å². The van der Waals surface area contributed by atoms with Crippen molar-refractivity contribution in [3.63, 3.8) is 0 Å². The number of nitrogen functional groups attached to an aromatic ring is 1. The van der Waals surface area contributed by atoms with Crippen LogP contribution in [0.4, 0.5) is 14.5 Å². The summed E-state index contributed by atoms with van der Waals surface area (Å²) in [4.78, 5) is 21.2. The lowest BCUT2D eigenvalue weighted by molar-refractivity contribution is -0.0343. The molecule has 0 spiro atoms. The molecule has 10 heteroatoms. The monoisotopic (exact) mass is 412 g/mol. The molecule has 8 nitrogen and oxygen atoms in total. The first-order chi connectivity index (χ1) is 14.3. The number of halogens is 2. The molecule has 0 fully saturated rings. The maximum absolute atomic E-state index is 14.7. The van der Waals surface area contributed by atoms with Gasteiger partial charge in [0.25, 0.3) is 5.56 Å². The van der Waals surface area contributed by atoms with Crippen LogP contribution in [0.25, 0.3) is 10.9 Å². The van der Waals surface area contributed by atoms with Gasteiger partial charge in [-0.3, -0.25) is 9.36 Å². The fourth-order valence-corrected chi connectivity index (χ4v) is 3.50. The Morgan fingerprint density at radius 2 is 2.00 bits per heavy atom. The quantitative estimate of drug-likeness (QED) is 0.485. The number of nitrogens with two attached hydrogens (primary N) is 1. The maximum atomic E-state index is 14.7. The van der Waals surface area contributed by atoms with Gasteiger partial charge in [-0.05, 0) is 31.2 Å². The van der Waals surface area contributed by atoms with E-state index in [0.717, 1.165) is 12.1 Å². The first-order valence-electron chi connectivity index (χ1n) is 9.06. The number of fused-ring (bicyclic) bond motifs is 1. The van der Waals surface area contributed by atoms with Crippen LogP contribution < -0.4 is 11.3 Å². The molecule has 3 N–H and O–H groups in total. The third kappa shape index (κ3) is 3.30. The molecular formula is C20H18F2N6O2. The first-order valence-corrected chi connectivity index (χ1v) is 9.06. The zero-order valence-corrected chi connectivity index (χ0v) is 15.9. The van der Waals surface area contributed by atoms with Gasteiger partial charge in [0.05, 0.1) is 29.8 Å². The molecule has 0 aliphatic heterocycles. The predicted molar refractivity (Wildman–Crippen MR) is 105 cm³/mol. The van der Waals surface area contributed by atoms with Crippen LogP contribution in [0.15, 0.2) is 60.2 Å². The normalized spacial score (nSPS) is 14.5. The highest BCUT2D eigenvalue weighted by Crippen LogP contribution is 2.36. The third-order valence-electron chi connectivity index (χ3n) is 5.18. The molecular weight excluding hydrogens is 394 g/mol. The Morgan fingerprint density at radius 1 is 1.20 bits per heavy atom. The molecule has 0 saturated heterocycles. The Balaban J connectivity index is 1.88. The Bertz CT molecular complexity index is 1270. The second-order valence-electron chi connectivity index (χ2n) is 7.05. The van der Waals surface area contributed by atoms with Gasteiger partial charge in [0.2, 0.25) is 0 Å². The van der Waals surface area contributed by atoms with Gasteiger partial charge in [0.1, 0.15) is 29.9 Å². The van der Waals surface area contributed by atoms with E-state index < -0.39 is 28.8 Å². The summed E-state index contributed by atoms with van der Waals surface area (Å²) in [5.41, 5.74) is 4.00. The lowest BCUT2D eigenvalue weighted by Crippen LogP contribution is -2.43. The fourth-order valence-electron chi connectivity index (χ4n) is 3.50. The molecule has 2 heterocycles. The predicted octanol–water partition coefficient (Wildman–Crippen LogP) is 2.00. The number of anilines is 1. The summed E-state index contributed by atoms with van der Waals surface area (Å²) < 4.78 is 30.7. The van der Waals surface area contributed by atoms with Gasteiger partial charge in [0, 0.05) is 17.3 Å². The zero-order chi connectivity index (χ0) is 21.5. The van der Waals surface area contributed by atoms with Gasteiger partial charge >= 0.3 is 0 Å². The van der Waals surface area contributed by atoms with E-state index in [4.69, 9.17) is 5.73 Å². The average Bonchev–Trinajstić information content (AvgIpc) is 3.20.